The average molecular weight is 270 g/mol. The van der Waals surface area contributed by atoms with Gasteiger partial charge in [-0.15, -0.1) is 0 Å². The smallest absolute Gasteiger partial charge is 0.323 e. The molecule has 0 radical (unpaired) electrons. The Morgan fingerprint density at radius 2 is 2.00 bits per heavy atom. The summed E-state index contributed by atoms with van der Waals surface area (Å²) in [7, 11) is 0. The van der Waals surface area contributed by atoms with Gasteiger partial charge in [-0.1, -0.05) is 19.8 Å². The van der Waals surface area contributed by atoms with Crippen molar-refractivity contribution in [2.45, 2.75) is 64.3 Å². The molecule has 19 heavy (non-hydrogen) atoms. The predicted octanol–water partition coefficient (Wildman–Crippen LogP) is 2.47. The molecule has 0 bridgehead atoms. The zero-order chi connectivity index (χ0) is 14.3. The van der Waals surface area contributed by atoms with Gasteiger partial charge < -0.3 is 15.7 Å². The molecule has 1 aliphatic rings. The van der Waals surface area contributed by atoms with Crippen molar-refractivity contribution >= 4 is 5.97 Å². The van der Waals surface area contributed by atoms with E-state index in [1.165, 1.54) is 38.8 Å². The number of carbonyl (C=O) groups is 1. The minimum Gasteiger partial charge on any atom is -0.480 e. The number of hydrogen-bond acceptors (Lipinski definition) is 3. The van der Waals surface area contributed by atoms with Crippen molar-refractivity contribution in [3.8, 4) is 0 Å². The van der Waals surface area contributed by atoms with Crippen molar-refractivity contribution in [3.05, 3.63) is 0 Å². The van der Waals surface area contributed by atoms with Crippen LogP contribution in [0.4, 0.5) is 0 Å². The van der Waals surface area contributed by atoms with Crippen LogP contribution < -0.4 is 5.73 Å². The summed E-state index contributed by atoms with van der Waals surface area (Å²) in [4.78, 5) is 13.4. The Balaban J connectivity index is 2.10. The molecule has 1 heterocycles. The fourth-order valence-electron chi connectivity index (χ4n) is 2.84. The first kappa shape index (κ1) is 16.4. The van der Waals surface area contributed by atoms with Crippen molar-refractivity contribution in [2.75, 3.05) is 19.6 Å². The number of aliphatic carboxylic acids is 1. The molecule has 1 aliphatic heterocycles. The molecular weight excluding hydrogens is 240 g/mol. The normalized spacial score (nSPS) is 21.2. The third kappa shape index (κ3) is 5.91. The lowest BCUT2D eigenvalue weighted by atomic mass is 9.92. The monoisotopic (exact) mass is 270 g/mol. The summed E-state index contributed by atoms with van der Waals surface area (Å²) in [5.74, 6) is 0.0356. The Kier molecular flexibility index (Phi) is 6.80. The van der Waals surface area contributed by atoms with Gasteiger partial charge in [-0.2, -0.15) is 0 Å². The fourth-order valence-corrected chi connectivity index (χ4v) is 2.84. The van der Waals surface area contributed by atoms with Gasteiger partial charge in [0.15, 0.2) is 0 Å². The van der Waals surface area contributed by atoms with Crippen LogP contribution in [0.25, 0.3) is 0 Å². The van der Waals surface area contributed by atoms with Gasteiger partial charge in [0, 0.05) is 0 Å². The number of carboxylic acids is 1. The molecule has 0 spiro atoms. The zero-order valence-corrected chi connectivity index (χ0v) is 12.5. The van der Waals surface area contributed by atoms with Gasteiger partial charge in [-0.3, -0.25) is 4.79 Å². The molecule has 3 N–H and O–H groups in total. The van der Waals surface area contributed by atoms with Crippen LogP contribution >= 0.6 is 0 Å². The number of likely N-dealkylation sites (tertiary alicyclic amines) is 1. The van der Waals surface area contributed by atoms with E-state index in [1.54, 1.807) is 6.92 Å². The van der Waals surface area contributed by atoms with E-state index >= 15 is 0 Å². The lowest BCUT2D eigenvalue weighted by Gasteiger charge is -2.32. The second-order valence-corrected chi connectivity index (χ2v) is 6.25. The topological polar surface area (TPSA) is 66.6 Å². The van der Waals surface area contributed by atoms with Crippen LogP contribution in [0, 0.1) is 5.92 Å². The number of piperidine rings is 1. The van der Waals surface area contributed by atoms with Gasteiger partial charge in [-0.05, 0) is 64.6 Å². The Labute approximate surface area is 117 Å². The van der Waals surface area contributed by atoms with Crippen LogP contribution in [0.15, 0.2) is 0 Å². The number of carboxylic acid groups (broad SMARTS) is 1. The second-order valence-electron chi connectivity index (χ2n) is 6.25. The molecule has 0 amide bonds. The lowest BCUT2D eigenvalue weighted by molar-refractivity contribution is -0.142. The van der Waals surface area contributed by atoms with Gasteiger partial charge in [-0.25, -0.2) is 0 Å². The van der Waals surface area contributed by atoms with Crippen molar-refractivity contribution in [3.63, 3.8) is 0 Å². The third-order valence-corrected chi connectivity index (χ3v) is 4.31. The number of unbranched alkanes of at least 4 members (excludes halogenated alkanes) is 1. The Morgan fingerprint density at radius 1 is 1.37 bits per heavy atom. The van der Waals surface area contributed by atoms with E-state index in [4.69, 9.17) is 10.8 Å². The first-order chi connectivity index (χ1) is 8.95. The molecule has 0 aliphatic carbocycles. The standard InChI is InChI=1S/C15H30N2O2/c1-3-6-13-7-11-17(12-8-13)10-5-4-9-15(2,16)14(18)19/h13H,3-12,16H2,1-2H3,(H,18,19). The summed E-state index contributed by atoms with van der Waals surface area (Å²) in [5, 5.41) is 8.93. The molecule has 4 heteroatoms. The maximum Gasteiger partial charge on any atom is 0.323 e. The highest BCUT2D eigenvalue weighted by Gasteiger charge is 2.27. The van der Waals surface area contributed by atoms with Crippen LogP contribution in [0.3, 0.4) is 0 Å². The molecule has 1 atom stereocenters. The molecule has 0 saturated carbocycles. The predicted molar refractivity (Wildman–Crippen MR) is 78.2 cm³/mol. The maximum atomic E-state index is 10.9. The molecule has 0 aromatic rings. The minimum atomic E-state index is -1.06. The van der Waals surface area contributed by atoms with Gasteiger partial charge in [0.05, 0.1) is 0 Å². The van der Waals surface area contributed by atoms with Crippen molar-refractivity contribution in [1.29, 1.82) is 0 Å². The summed E-state index contributed by atoms with van der Waals surface area (Å²) in [6.45, 7) is 7.38. The summed E-state index contributed by atoms with van der Waals surface area (Å²) >= 11 is 0. The summed E-state index contributed by atoms with van der Waals surface area (Å²) in [6, 6.07) is 0. The van der Waals surface area contributed by atoms with Crippen LogP contribution in [-0.2, 0) is 4.79 Å². The highest BCUT2D eigenvalue weighted by atomic mass is 16.4. The van der Waals surface area contributed by atoms with E-state index in [9.17, 15) is 4.79 Å². The second kappa shape index (κ2) is 7.85. The summed E-state index contributed by atoms with van der Waals surface area (Å²) < 4.78 is 0. The number of nitrogens with zero attached hydrogens (tertiary/aromatic N) is 1. The van der Waals surface area contributed by atoms with Gasteiger partial charge in [0.25, 0.3) is 0 Å². The van der Waals surface area contributed by atoms with Crippen molar-refractivity contribution in [2.24, 2.45) is 11.7 Å². The Morgan fingerprint density at radius 3 is 2.53 bits per heavy atom. The van der Waals surface area contributed by atoms with E-state index in [-0.39, 0.29) is 0 Å². The van der Waals surface area contributed by atoms with E-state index in [0.29, 0.717) is 6.42 Å². The van der Waals surface area contributed by atoms with Gasteiger partial charge in [0.1, 0.15) is 5.54 Å². The third-order valence-electron chi connectivity index (χ3n) is 4.31. The largest absolute Gasteiger partial charge is 0.480 e. The molecular formula is C15H30N2O2. The van der Waals surface area contributed by atoms with E-state index in [1.807, 2.05) is 0 Å². The minimum absolute atomic E-state index is 0.564. The van der Waals surface area contributed by atoms with E-state index < -0.39 is 11.5 Å². The Hall–Kier alpha value is -0.610. The highest BCUT2D eigenvalue weighted by Crippen LogP contribution is 2.22. The molecule has 0 aromatic heterocycles. The SMILES string of the molecule is CCCC1CCN(CCCCC(C)(N)C(=O)O)CC1. The molecule has 112 valence electrons. The maximum absolute atomic E-state index is 10.9. The molecule has 1 saturated heterocycles. The van der Waals surface area contributed by atoms with Crippen LogP contribution in [-0.4, -0.2) is 41.1 Å². The molecule has 1 rings (SSSR count). The number of hydrogen-bond donors (Lipinski definition) is 2. The fraction of sp³-hybridized carbons (Fsp3) is 0.933. The number of nitrogens with two attached hydrogens (primary N) is 1. The molecule has 0 aromatic carbocycles. The van der Waals surface area contributed by atoms with E-state index in [2.05, 4.69) is 11.8 Å². The Bertz CT molecular complexity index is 271. The van der Waals surface area contributed by atoms with Crippen LogP contribution in [0.1, 0.15) is 58.8 Å². The summed E-state index contributed by atoms with van der Waals surface area (Å²) in [5.41, 5.74) is 4.66. The molecule has 1 unspecified atom stereocenters. The molecule has 4 nitrogen and oxygen atoms in total. The number of rotatable bonds is 8. The van der Waals surface area contributed by atoms with Gasteiger partial charge >= 0.3 is 5.97 Å². The van der Waals surface area contributed by atoms with E-state index in [0.717, 1.165) is 25.3 Å². The average Bonchev–Trinajstić information content (AvgIpc) is 2.37. The summed E-state index contributed by atoms with van der Waals surface area (Å²) in [6.07, 6.45) is 7.85. The quantitative estimate of drug-likeness (QED) is 0.665. The lowest BCUT2D eigenvalue weighted by Crippen LogP contribution is -2.44. The molecule has 1 fully saturated rings. The van der Waals surface area contributed by atoms with Crippen LogP contribution in [0.5, 0.6) is 0 Å². The van der Waals surface area contributed by atoms with Crippen molar-refractivity contribution < 1.29 is 9.90 Å². The van der Waals surface area contributed by atoms with Crippen LogP contribution in [0.2, 0.25) is 0 Å². The van der Waals surface area contributed by atoms with Gasteiger partial charge in [0.2, 0.25) is 0 Å². The first-order valence-electron chi connectivity index (χ1n) is 7.70. The first-order valence-corrected chi connectivity index (χ1v) is 7.70. The highest BCUT2D eigenvalue weighted by molar-refractivity contribution is 5.77. The zero-order valence-electron chi connectivity index (χ0n) is 12.5. The van der Waals surface area contributed by atoms with Crippen molar-refractivity contribution in [1.82, 2.24) is 4.90 Å².